The topological polar surface area (TPSA) is 58.1 Å². The molecule has 1 N–H and O–H groups in total. The second kappa shape index (κ2) is 18.0. The molecule has 1 saturated heterocycles. The van der Waals surface area contributed by atoms with Gasteiger partial charge in [0.1, 0.15) is 11.0 Å². The van der Waals surface area contributed by atoms with E-state index in [0.29, 0.717) is 10.7 Å². The quantitative estimate of drug-likeness (QED) is 0.159. The van der Waals surface area contributed by atoms with Crippen molar-refractivity contribution < 1.29 is 4.21 Å². The molecule has 3 heterocycles. The van der Waals surface area contributed by atoms with Crippen LogP contribution in [-0.4, -0.2) is 26.5 Å². The number of pyridine rings is 2. The normalized spacial score (nSPS) is 13.7. The Hall–Kier alpha value is -2.61. The van der Waals surface area contributed by atoms with Crippen molar-refractivity contribution in [3.63, 3.8) is 0 Å². The molecule has 2 aromatic carbocycles. The molecule has 0 bridgehead atoms. The highest BCUT2D eigenvalue weighted by molar-refractivity contribution is 8.00. The average molecular weight is 611 g/mol. The lowest BCUT2D eigenvalue weighted by atomic mass is 10.1. The molecular weight excluding hydrogens is 568 g/mol. The van der Waals surface area contributed by atoms with E-state index in [4.69, 9.17) is 11.6 Å². The largest absolute Gasteiger partial charge is 0.316 e. The van der Waals surface area contributed by atoms with Crippen LogP contribution < -0.4 is 9.03 Å². The van der Waals surface area contributed by atoms with Gasteiger partial charge in [-0.25, -0.2) is 4.21 Å². The summed E-state index contributed by atoms with van der Waals surface area (Å²) in [6.07, 6.45) is 12.8. The van der Waals surface area contributed by atoms with Gasteiger partial charge in [-0.2, -0.15) is 0 Å². The van der Waals surface area contributed by atoms with Crippen molar-refractivity contribution in [2.24, 2.45) is 0 Å². The van der Waals surface area contributed by atoms with E-state index in [2.05, 4.69) is 32.8 Å². The highest BCUT2D eigenvalue weighted by Crippen LogP contribution is 2.34. The van der Waals surface area contributed by atoms with E-state index >= 15 is 0 Å². The van der Waals surface area contributed by atoms with Crippen molar-refractivity contribution in [2.75, 3.05) is 21.3 Å². The molecule has 5 rings (SSSR count). The van der Waals surface area contributed by atoms with Gasteiger partial charge < -0.3 is 9.03 Å². The predicted molar refractivity (Wildman–Crippen MR) is 181 cm³/mol. The second-order valence-electron chi connectivity index (χ2n) is 9.49. The molecule has 0 aliphatic carbocycles. The lowest BCUT2D eigenvalue weighted by Crippen LogP contribution is -2.14. The summed E-state index contributed by atoms with van der Waals surface area (Å²) in [5.74, 6) is 1.15. The molecule has 0 saturated carbocycles. The molecular formula is C33H43ClN4OS2. The first-order valence-corrected chi connectivity index (χ1v) is 17.3. The SMILES string of the molecule is CC.CCCCCC.O=S(Nc1ccc(Cl)c(-c2nccc3ncccc23)c1)c1ccc(N2CCCCCS2)cc1. The van der Waals surface area contributed by atoms with Crippen molar-refractivity contribution >= 4 is 56.8 Å². The maximum absolute atomic E-state index is 13.0. The third kappa shape index (κ3) is 9.73. The third-order valence-corrected chi connectivity index (χ3v) is 9.14. The Labute approximate surface area is 258 Å². The summed E-state index contributed by atoms with van der Waals surface area (Å²) < 4.78 is 18.5. The minimum atomic E-state index is -1.40. The molecule has 0 amide bonds. The third-order valence-electron chi connectivity index (χ3n) is 6.51. The van der Waals surface area contributed by atoms with Crippen molar-refractivity contribution in [1.82, 2.24) is 9.97 Å². The molecule has 0 radical (unpaired) electrons. The number of nitrogens with zero attached hydrogens (tertiary/aromatic N) is 3. The fourth-order valence-electron chi connectivity index (χ4n) is 4.37. The van der Waals surface area contributed by atoms with Crippen molar-refractivity contribution in [3.8, 4) is 11.3 Å². The zero-order chi connectivity index (χ0) is 29.5. The molecule has 1 fully saturated rings. The number of benzene rings is 2. The van der Waals surface area contributed by atoms with Crippen LogP contribution in [0.5, 0.6) is 0 Å². The van der Waals surface area contributed by atoms with Gasteiger partial charge in [0.05, 0.1) is 21.1 Å². The van der Waals surface area contributed by atoms with E-state index in [1.165, 1.54) is 44.9 Å². The number of anilines is 2. The molecule has 2 aromatic heterocycles. The molecule has 1 unspecified atom stereocenters. The minimum absolute atomic E-state index is 0.578. The summed E-state index contributed by atoms with van der Waals surface area (Å²) in [6.45, 7) is 9.52. The summed E-state index contributed by atoms with van der Waals surface area (Å²) in [5.41, 5.74) is 4.24. The van der Waals surface area contributed by atoms with Crippen LogP contribution in [0.2, 0.25) is 5.02 Å². The number of halogens is 1. The first-order chi connectivity index (χ1) is 20.1. The van der Waals surface area contributed by atoms with Crippen LogP contribution in [0.3, 0.4) is 0 Å². The Morgan fingerprint density at radius 2 is 1.68 bits per heavy atom. The number of nitrogens with one attached hydrogen (secondary N) is 1. The summed E-state index contributed by atoms with van der Waals surface area (Å²) in [7, 11) is -1.40. The summed E-state index contributed by atoms with van der Waals surface area (Å²) in [6, 6.07) is 19.2. The molecule has 8 heteroatoms. The first kappa shape index (κ1) is 32.9. The van der Waals surface area contributed by atoms with E-state index in [9.17, 15) is 4.21 Å². The highest BCUT2D eigenvalue weighted by atomic mass is 35.5. The van der Waals surface area contributed by atoms with Gasteiger partial charge in [-0.1, -0.05) is 71.4 Å². The standard InChI is InChI=1S/C25H23ClN4OS2.C6H14.C2H6/c26-23-11-6-18(17-22(23)25-21-5-4-13-27-24(21)12-14-28-25)29-33(31)20-9-7-19(8-10-20)30-15-2-1-3-16-32-30;1-3-5-6-4-2;1-2/h4-14,17,29H,1-3,15-16H2;3-6H2,1-2H3;1-2H3. The highest BCUT2D eigenvalue weighted by Gasteiger charge is 2.14. The molecule has 1 atom stereocenters. The van der Waals surface area contributed by atoms with E-state index in [0.717, 1.165) is 45.0 Å². The van der Waals surface area contributed by atoms with E-state index < -0.39 is 11.0 Å². The number of fused-ring (bicyclic) bond motifs is 1. The molecule has 5 nitrogen and oxygen atoms in total. The average Bonchev–Trinajstić information content (AvgIpc) is 3.32. The van der Waals surface area contributed by atoms with Gasteiger partial charge in [-0.05, 0) is 85.5 Å². The van der Waals surface area contributed by atoms with Gasteiger partial charge in [-0.3, -0.25) is 9.97 Å². The summed E-state index contributed by atoms with van der Waals surface area (Å²) in [4.78, 5) is 9.67. The van der Waals surface area contributed by atoms with Gasteiger partial charge in [-0.15, -0.1) is 0 Å². The van der Waals surface area contributed by atoms with Crippen molar-refractivity contribution in [1.29, 1.82) is 0 Å². The Kier molecular flexibility index (Phi) is 14.5. The van der Waals surface area contributed by atoms with Crippen LogP contribution >= 0.6 is 23.5 Å². The van der Waals surface area contributed by atoms with Crippen LogP contribution in [0.15, 0.2) is 78.0 Å². The number of hydrogen-bond donors (Lipinski definition) is 1. The lowest BCUT2D eigenvalue weighted by Gasteiger charge is -2.21. The maximum Gasteiger partial charge on any atom is 0.150 e. The Balaban J connectivity index is 0.000000515. The molecule has 1 aliphatic rings. The molecule has 220 valence electrons. The van der Waals surface area contributed by atoms with Gasteiger partial charge >= 0.3 is 0 Å². The number of rotatable bonds is 8. The Morgan fingerprint density at radius 1 is 0.927 bits per heavy atom. The smallest absolute Gasteiger partial charge is 0.150 e. The lowest BCUT2D eigenvalue weighted by molar-refractivity contribution is 0.686. The minimum Gasteiger partial charge on any atom is -0.316 e. The fraction of sp³-hybridized carbons (Fsp3) is 0.394. The molecule has 41 heavy (non-hydrogen) atoms. The van der Waals surface area contributed by atoms with Crippen molar-refractivity contribution in [2.45, 2.75) is 77.5 Å². The predicted octanol–water partition coefficient (Wildman–Crippen LogP) is 10.3. The van der Waals surface area contributed by atoms with Crippen LogP contribution in [0.1, 0.15) is 72.6 Å². The number of hydrogen-bond acceptors (Lipinski definition) is 5. The fourth-order valence-corrected chi connectivity index (χ4v) is 6.50. The van der Waals surface area contributed by atoms with E-state index in [1.807, 2.05) is 80.4 Å². The molecule has 1 aliphatic heterocycles. The van der Waals surface area contributed by atoms with Gasteiger partial charge in [0.15, 0.2) is 0 Å². The van der Waals surface area contributed by atoms with Crippen LogP contribution in [0.25, 0.3) is 22.2 Å². The summed E-state index contributed by atoms with van der Waals surface area (Å²) in [5, 5.41) is 1.50. The zero-order valence-electron chi connectivity index (χ0n) is 24.7. The zero-order valence-corrected chi connectivity index (χ0v) is 27.1. The van der Waals surface area contributed by atoms with E-state index in [1.54, 1.807) is 18.5 Å². The van der Waals surface area contributed by atoms with Gasteiger partial charge in [0, 0.05) is 47.0 Å². The monoisotopic (exact) mass is 610 g/mol. The molecule has 4 aromatic rings. The van der Waals surface area contributed by atoms with Crippen LogP contribution in [-0.2, 0) is 11.0 Å². The Morgan fingerprint density at radius 3 is 2.41 bits per heavy atom. The molecule has 0 spiro atoms. The number of unbranched alkanes of at least 4 members (excludes halogenated alkanes) is 3. The first-order valence-electron chi connectivity index (χ1n) is 14.8. The van der Waals surface area contributed by atoms with Crippen LogP contribution in [0, 0.1) is 0 Å². The van der Waals surface area contributed by atoms with Crippen molar-refractivity contribution in [3.05, 3.63) is 78.1 Å². The summed E-state index contributed by atoms with van der Waals surface area (Å²) >= 11 is 8.39. The van der Waals surface area contributed by atoms with Gasteiger partial charge in [0.25, 0.3) is 0 Å². The van der Waals surface area contributed by atoms with E-state index in [-0.39, 0.29) is 0 Å². The Bertz CT molecular complexity index is 1350. The maximum atomic E-state index is 13.0. The number of aromatic nitrogens is 2. The van der Waals surface area contributed by atoms with Gasteiger partial charge in [0.2, 0.25) is 0 Å². The second-order valence-corrected chi connectivity index (χ2v) is 12.2. The van der Waals surface area contributed by atoms with Crippen LogP contribution in [0.4, 0.5) is 11.4 Å².